The van der Waals surface area contributed by atoms with Gasteiger partial charge in [0.2, 0.25) is 0 Å². The molecule has 106 valence electrons. The van der Waals surface area contributed by atoms with E-state index in [1.807, 2.05) is 20.8 Å². The Morgan fingerprint density at radius 2 is 2.00 bits per heavy atom. The van der Waals surface area contributed by atoms with Crippen molar-refractivity contribution >= 4 is 6.09 Å². The van der Waals surface area contributed by atoms with Gasteiger partial charge < -0.3 is 15.8 Å². The Kier molecular flexibility index (Phi) is 5.45. The summed E-state index contributed by atoms with van der Waals surface area (Å²) in [6.07, 6.45) is 6.90. The molecule has 18 heavy (non-hydrogen) atoms. The molecule has 0 aromatic rings. The van der Waals surface area contributed by atoms with Gasteiger partial charge in [0.25, 0.3) is 0 Å². The van der Waals surface area contributed by atoms with Gasteiger partial charge in [0.1, 0.15) is 5.60 Å². The summed E-state index contributed by atoms with van der Waals surface area (Å²) in [5.41, 5.74) is 5.82. The van der Waals surface area contributed by atoms with Gasteiger partial charge in [0.15, 0.2) is 0 Å². The maximum Gasteiger partial charge on any atom is 0.407 e. The zero-order valence-electron chi connectivity index (χ0n) is 12.1. The molecule has 0 atom stereocenters. The highest BCUT2D eigenvalue weighted by molar-refractivity contribution is 5.67. The van der Waals surface area contributed by atoms with Crippen molar-refractivity contribution in [2.45, 2.75) is 64.9 Å². The first-order valence-electron chi connectivity index (χ1n) is 7.04. The molecule has 0 bridgehead atoms. The highest BCUT2D eigenvalue weighted by Gasteiger charge is 2.34. The van der Waals surface area contributed by atoms with Gasteiger partial charge in [0.05, 0.1) is 0 Å². The number of carbonyl (C=O) groups is 1. The Morgan fingerprint density at radius 1 is 1.33 bits per heavy atom. The smallest absolute Gasteiger partial charge is 0.407 e. The van der Waals surface area contributed by atoms with Crippen molar-refractivity contribution in [1.29, 1.82) is 0 Å². The second kappa shape index (κ2) is 6.41. The molecule has 0 unspecified atom stereocenters. The summed E-state index contributed by atoms with van der Waals surface area (Å²) in [5, 5.41) is 2.79. The number of rotatable bonds is 6. The molecule has 0 spiro atoms. The monoisotopic (exact) mass is 256 g/mol. The first kappa shape index (κ1) is 15.3. The lowest BCUT2D eigenvalue weighted by molar-refractivity contribution is 0.0525. The van der Waals surface area contributed by atoms with E-state index in [9.17, 15) is 4.79 Å². The van der Waals surface area contributed by atoms with Gasteiger partial charge in [0, 0.05) is 6.54 Å². The van der Waals surface area contributed by atoms with E-state index in [-0.39, 0.29) is 6.09 Å². The number of hydrogen-bond donors (Lipinski definition) is 2. The topological polar surface area (TPSA) is 64.3 Å². The minimum atomic E-state index is -0.417. The third kappa shape index (κ3) is 5.25. The number of nitrogens with one attached hydrogen (secondary N) is 1. The lowest BCUT2D eigenvalue weighted by Gasteiger charge is -2.41. The van der Waals surface area contributed by atoms with Crippen molar-refractivity contribution < 1.29 is 9.53 Å². The summed E-state index contributed by atoms with van der Waals surface area (Å²) >= 11 is 0. The van der Waals surface area contributed by atoms with E-state index >= 15 is 0 Å². The number of nitrogens with two attached hydrogens (primary N) is 1. The zero-order chi connectivity index (χ0) is 13.6. The number of unbranched alkanes of at least 4 members (excludes halogenated alkanes) is 1. The maximum atomic E-state index is 11.4. The summed E-state index contributed by atoms with van der Waals surface area (Å²) in [5.74, 6) is 0. The second-order valence-electron chi connectivity index (χ2n) is 6.44. The molecule has 1 aliphatic rings. The Labute approximate surface area is 111 Å². The van der Waals surface area contributed by atoms with Crippen molar-refractivity contribution in [1.82, 2.24) is 5.32 Å². The summed E-state index contributed by atoms with van der Waals surface area (Å²) in [6, 6.07) is 0. The molecule has 0 heterocycles. The molecular weight excluding hydrogens is 228 g/mol. The van der Waals surface area contributed by atoms with Gasteiger partial charge in [-0.2, -0.15) is 0 Å². The zero-order valence-corrected chi connectivity index (χ0v) is 12.1. The van der Waals surface area contributed by atoms with E-state index in [2.05, 4.69) is 5.32 Å². The van der Waals surface area contributed by atoms with Crippen molar-refractivity contribution in [3.05, 3.63) is 0 Å². The van der Waals surface area contributed by atoms with Gasteiger partial charge in [-0.3, -0.25) is 0 Å². The SMILES string of the molecule is CC(C)(C)OC(=O)NCCCCC1(CN)CCC1. The Bertz CT molecular complexity index is 262. The predicted octanol–water partition coefficient (Wildman–Crippen LogP) is 2.81. The Morgan fingerprint density at radius 3 is 2.44 bits per heavy atom. The molecule has 0 aromatic heterocycles. The van der Waals surface area contributed by atoms with Crippen LogP contribution >= 0.6 is 0 Å². The number of carbonyl (C=O) groups excluding carboxylic acids is 1. The van der Waals surface area contributed by atoms with Crippen LogP contribution in [0.15, 0.2) is 0 Å². The highest BCUT2D eigenvalue weighted by atomic mass is 16.6. The van der Waals surface area contributed by atoms with E-state index in [4.69, 9.17) is 10.5 Å². The van der Waals surface area contributed by atoms with E-state index in [0.29, 0.717) is 12.0 Å². The fraction of sp³-hybridized carbons (Fsp3) is 0.929. The molecule has 4 nitrogen and oxygen atoms in total. The number of ether oxygens (including phenoxy) is 1. The van der Waals surface area contributed by atoms with Crippen LogP contribution in [0, 0.1) is 5.41 Å². The van der Waals surface area contributed by atoms with E-state index in [1.165, 1.54) is 25.7 Å². The average molecular weight is 256 g/mol. The first-order chi connectivity index (χ1) is 8.37. The maximum absolute atomic E-state index is 11.4. The van der Waals surface area contributed by atoms with Crippen LogP contribution in [0.5, 0.6) is 0 Å². The lowest BCUT2D eigenvalue weighted by atomic mass is 9.66. The van der Waals surface area contributed by atoms with Crippen LogP contribution in [0.25, 0.3) is 0 Å². The molecule has 1 amide bonds. The summed E-state index contributed by atoms with van der Waals surface area (Å²) in [7, 11) is 0. The molecule has 1 saturated carbocycles. The van der Waals surface area contributed by atoms with E-state index < -0.39 is 5.60 Å². The molecule has 1 fully saturated rings. The normalized spacial score (nSPS) is 18.0. The Balaban J connectivity index is 2.03. The van der Waals surface area contributed by atoms with Crippen LogP contribution in [-0.4, -0.2) is 24.8 Å². The van der Waals surface area contributed by atoms with Crippen LogP contribution in [0.3, 0.4) is 0 Å². The van der Waals surface area contributed by atoms with Crippen LogP contribution < -0.4 is 11.1 Å². The summed E-state index contributed by atoms with van der Waals surface area (Å²) in [6.45, 7) is 7.11. The van der Waals surface area contributed by atoms with Crippen molar-refractivity contribution in [2.24, 2.45) is 11.1 Å². The van der Waals surface area contributed by atoms with Crippen LogP contribution in [0.2, 0.25) is 0 Å². The molecule has 0 aromatic carbocycles. The molecule has 0 radical (unpaired) electrons. The minimum Gasteiger partial charge on any atom is -0.444 e. The average Bonchev–Trinajstić information content (AvgIpc) is 2.18. The first-order valence-corrected chi connectivity index (χ1v) is 7.04. The number of amides is 1. The van der Waals surface area contributed by atoms with Gasteiger partial charge in [-0.15, -0.1) is 0 Å². The third-order valence-corrected chi connectivity index (χ3v) is 3.65. The van der Waals surface area contributed by atoms with Gasteiger partial charge >= 0.3 is 6.09 Å². The molecule has 0 aliphatic heterocycles. The Hall–Kier alpha value is -0.770. The van der Waals surface area contributed by atoms with Crippen LogP contribution in [0.1, 0.15) is 59.3 Å². The molecule has 1 rings (SSSR count). The van der Waals surface area contributed by atoms with Crippen molar-refractivity contribution in [3.63, 3.8) is 0 Å². The van der Waals surface area contributed by atoms with Crippen LogP contribution in [0.4, 0.5) is 4.79 Å². The second-order valence-corrected chi connectivity index (χ2v) is 6.44. The lowest BCUT2D eigenvalue weighted by Crippen LogP contribution is -2.37. The van der Waals surface area contributed by atoms with E-state index in [1.54, 1.807) is 0 Å². The van der Waals surface area contributed by atoms with Crippen molar-refractivity contribution in [3.8, 4) is 0 Å². The standard InChI is InChI=1S/C14H28N2O2/c1-13(2,3)18-12(17)16-10-5-4-7-14(11-15)8-6-9-14/h4-11,15H2,1-3H3,(H,16,17). The fourth-order valence-electron chi connectivity index (χ4n) is 2.36. The number of hydrogen-bond acceptors (Lipinski definition) is 3. The van der Waals surface area contributed by atoms with Gasteiger partial charge in [-0.05, 0) is 58.4 Å². The number of alkyl carbamates (subject to hydrolysis) is 1. The minimum absolute atomic E-state index is 0.320. The third-order valence-electron chi connectivity index (χ3n) is 3.65. The van der Waals surface area contributed by atoms with Crippen LogP contribution in [-0.2, 0) is 4.74 Å². The highest BCUT2D eigenvalue weighted by Crippen LogP contribution is 2.43. The molecular formula is C14H28N2O2. The predicted molar refractivity (Wildman–Crippen MR) is 73.4 cm³/mol. The van der Waals surface area contributed by atoms with Crippen molar-refractivity contribution in [2.75, 3.05) is 13.1 Å². The molecule has 0 saturated heterocycles. The van der Waals surface area contributed by atoms with Gasteiger partial charge in [-0.1, -0.05) is 12.8 Å². The molecule has 3 N–H and O–H groups in total. The summed E-state index contributed by atoms with van der Waals surface area (Å²) in [4.78, 5) is 11.4. The van der Waals surface area contributed by atoms with Gasteiger partial charge in [-0.25, -0.2) is 4.79 Å². The molecule has 4 heteroatoms. The quantitative estimate of drug-likeness (QED) is 0.718. The summed E-state index contributed by atoms with van der Waals surface area (Å²) < 4.78 is 5.17. The fourth-order valence-corrected chi connectivity index (χ4v) is 2.36. The van der Waals surface area contributed by atoms with E-state index in [0.717, 1.165) is 19.4 Å². The largest absolute Gasteiger partial charge is 0.444 e. The molecule has 1 aliphatic carbocycles.